The fourth-order valence-corrected chi connectivity index (χ4v) is 9.22. The van der Waals surface area contributed by atoms with Crippen LogP contribution in [0.25, 0.3) is 0 Å². The molecule has 0 saturated carbocycles. The number of allylic oxidation sites excluding steroid dienone is 4. The Labute approximate surface area is 228 Å². The average molecular weight is 531 g/mol. The molecule has 0 radical (unpaired) electrons. The minimum absolute atomic E-state index is 0.142. The van der Waals surface area contributed by atoms with Gasteiger partial charge < -0.3 is 4.74 Å². The summed E-state index contributed by atoms with van der Waals surface area (Å²) in [7, 11) is 1.74. The van der Waals surface area contributed by atoms with Crippen LogP contribution in [0.4, 0.5) is 0 Å². The van der Waals surface area contributed by atoms with Gasteiger partial charge in [0.25, 0.3) is 0 Å². The lowest BCUT2D eigenvalue weighted by atomic mass is 9.65. The van der Waals surface area contributed by atoms with Gasteiger partial charge in [0, 0.05) is 29.4 Å². The molecule has 2 spiro atoms. The monoisotopic (exact) mass is 530 g/mol. The fourth-order valence-electron chi connectivity index (χ4n) is 5.16. The summed E-state index contributed by atoms with van der Waals surface area (Å²) >= 11 is 3.73. The lowest BCUT2D eigenvalue weighted by molar-refractivity contribution is -0.115. The molecule has 3 rings (SSSR count). The lowest BCUT2D eigenvalue weighted by Crippen LogP contribution is -2.48. The molecule has 0 aromatic rings. The molecule has 0 amide bonds. The van der Waals surface area contributed by atoms with Crippen molar-refractivity contribution in [2.24, 2.45) is 21.7 Å². The number of hydrogen-bond acceptors (Lipinski definition) is 5. The van der Waals surface area contributed by atoms with Crippen molar-refractivity contribution >= 4 is 35.1 Å². The van der Waals surface area contributed by atoms with E-state index in [4.69, 9.17) is 4.74 Å². The van der Waals surface area contributed by atoms with Crippen molar-refractivity contribution in [2.45, 2.75) is 97.2 Å². The standard InChI is InChI=1S/C31H46O3S2/c1-26(2,3)19-14-30(15-20(24(19)32)27(4,5)6)31(36-23(35-30)18-34-13)16-21(28(7,8)9)25(33)22(17-31)29(10,11)12/h14-17,23H,18H2,1-13H3. The maximum absolute atomic E-state index is 13.9. The van der Waals surface area contributed by atoms with E-state index in [-0.39, 0.29) is 37.8 Å². The van der Waals surface area contributed by atoms with Gasteiger partial charge in [-0.2, -0.15) is 0 Å². The van der Waals surface area contributed by atoms with E-state index >= 15 is 0 Å². The summed E-state index contributed by atoms with van der Waals surface area (Å²) in [4.78, 5) is 27.7. The van der Waals surface area contributed by atoms with Gasteiger partial charge >= 0.3 is 0 Å². The first-order valence-corrected chi connectivity index (χ1v) is 14.7. The molecule has 0 unspecified atom stereocenters. The number of Topliss-reactive ketones (excluding diaryl/α,β-unsaturated/α-hetero) is 2. The molecule has 0 aromatic heterocycles. The highest BCUT2D eigenvalue weighted by Crippen LogP contribution is 2.66. The van der Waals surface area contributed by atoms with Gasteiger partial charge in [-0.05, 0) is 21.7 Å². The maximum atomic E-state index is 13.9. The Kier molecular flexibility index (Phi) is 7.39. The fraction of sp³-hybridized carbons (Fsp3) is 0.677. The second-order valence-corrected chi connectivity index (χ2v) is 17.9. The van der Waals surface area contributed by atoms with Crippen LogP contribution in [0.3, 0.4) is 0 Å². The molecule has 0 atom stereocenters. The van der Waals surface area contributed by atoms with Crippen molar-refractivity contribution in [3.05, 3.63) is 46.6 Å². The van der Waals surface area contributed by atoms with E-state index in [1.165, 1.54) is 0 Å². The van der Waals surface area contributed by atoms with Gasteiger partial charge in [-0.3, -0.25) is 9.59 Å². The van der Waals surface area contributed by atoms with Gasteiger partial charge in [-0.25, -0.2) is 0 Å². The van der Waals surface area contributed by atoms with E-state index in [9.17, 15) is 9.59 Å². The highest BCUT2D eigenvalue weighted by Gasteiger charge is 2.60. The van der Waals surface area contributed by atoms with Crippen molar-refractivity contribution in [1.29, 1.82) is 0 Å². The Morgan fingerprint density at radius 1 is 0.611 bits per heavy atom. The van der Waals surface area contributed by atoms with Crippen molar-refractivity contribution in [3.63, 3.8) is 0 Å². The summed E-state index contributed by atoms with van der Waals surface area (Å²) in [5.74, 6) is 0.284. The second kappa shape index (κ2) is 9.02. The zero-order valence-electron chi connectivity index (χ0n) is 24.6. The molecule has 3 nitrogen and oxygen atoms in total. The van der Waals surface area contributed by atoms with Crippen LogP contribution < -0.4 is 0 Å². The van der Waals surface area contributed by atoms with Crippen LogP contribution in [0.15, 0.2) is 46.6 Å². The number of rotatable bonds is 2. The topological polar surface area (TPSA) is 43.4 Å². The summed E-state index contributed by atoms with van der Waals surface area (Å²) in [6, 6.07) is 0. The third-order valence-corrected chi connectivity index (χ3v) is 10.6. The number of thioether (sulfide) groups is 2. The van der Waals surface area contributed by atoms with Gasteiger partial charge in [-0.1, -0.05) is 107 Å². The number of ketones is 2. The van der Waals surface area contributed by atoms with Gasteiger partial charge in [0.1, 0.15) is 0 Å². The summed E-state index contributed by atoms with van der Waals surface area (Å²) in [6.45, 7) is 26.1. The highest BCUT2D eigenvalue weighted by atomic mass is 32.2. The van der Waals surface area contributed by atoms with Gasteiger partial charge in [0.15, 0.2) is 11.6 Å². The molecule has 0 aromatic carbocycles. The first-order valence-electron chi connectivity index (χ1n) is 13.0. The SMILES string of the molecule is COCC1SC2(C=C(C(C)(C)C)C(=O)C(C(C)(C)C)=C2)C2(C=C(C(C)(C)C)C(=O)C(C(C)(C)C)=C2)S1. The van der Waals surface area contributed by atoms with Gasteiger partial charge in [0.05, 0.1) is 20.7 Å². The van der Waals surface area contributed by atoms with Crippen LogP contribution in [0.2, 0.25) is 0 Å². The highest BCUT2D eigenvalue weighted by molar-refractivity contribution is 8.22. The number of hydrogen-bond donors (Lipinski definition) is 0. The predicted octanol–water partition coefficient (Wildman–Crippen LogP) is 7.97. The molecule has 200 valence electrons. The number of ether oxygens (including phenoxy) is 1. The van der Waals surface area contributed by atoms with Gasteiger partial charge in [-0.15, -0.1) is 23.5 Å². The van der Waals surface area contributed by atoms with E-state index in [2.05, 4.69) is 107 Å². The Morgan fingerprint density at radius 3 is 1.06 bits per heavy atom. The Morgan fingerprint density at radius 2 is 0.861 bits per heavy atom. The Bertz CT molecular complexity index is 921. The normalized spacial score (nSPS) is 23.1. The van der Waals surface area contributed by atoms with Crippen molar-refractivity contribution < 1.29 is 14.3 Å². The van der Waals surface area contributed by atoms with E-state index in [1.807, 2.05) is 23.5 Å². The Hall–Kier alpha value is -1.04. The average Bonchev–Trinajstić information content (AvgIpc) is 2.94. The molecule has 2 aliphatic carbocycles. The predicted molar refractivity (Wildman–Crippen MR) is 156 cm³/mol. The van der Waals surface area contributed by atoms with Crippen LogP contribution in [-0.4, -0.2) is 39.4 Å². The summed E-state index contributed by atoms with van der Waals surface area (Å²) in [5, 5.41) is 0. The van der Waals surface area contributed by atoms with Crippen LogP contribution >= 0.6 is 23.5 Å². The molecule has 1 saturated heterocycles. The molecule has 36 heavy (non-hydrogen) atoms. The molecule has 3 aliphatic rings. The van der Waals surface area contributed by atoms with Crippen LogP contribution in [-0.2, 0) is 14.3 Å². The largest absolute Gasteiger partial charge is 0.383 e. The summed E-state index contributed by atoms with van der Waals surface area (Å²) in [6.07, 6.45) is 8.95. The first kappa shape index (κ1) is 29.5. The van der Waals surface area contributed by atoms with E-state index in [0.717, 1.165) is 22.3 Å². The lowest BCUT2D eigenvalue weighted by Gasteiger charge is -2.46. The summed E-state index contributed by atoms with van der Waals surface area (Å²) < 4.78 is 4.77. The molecule has 5 heteroatoms. The van der Waals surface area contributed by atoms with E-state index in [1.54, 1.807) is 7.11 Å². The number of fused-ring (bicyclic) bond motifs is 1. The minimum Gasteiger partial charge on any atom is -0.383 e. The maximum Gasteiger partial charge on any atom is 0.185 e. The van der Waals surface area contributed by atoms with Crippen LogP contribution in [0, 0.1) is 21.7 Å². The molecule has 1 fully saturated rings. The quantitative estimate of drug-likeness (QED) is 0.362. The minimum atomic E-state index is -0.520. The number of carbonyl (C=O) groups is 2. The zero-order chi connectivity index (χ0) is 27.7. The number of carbonyl (C=O) groups excluding carboxylic acids is 2. The molecule has 1 heterocycles. The smallest absolute Gasteiger partial charge is 0.185 e. The molecular weight excluding hydrogens is 484 g/mol. The molecular formula is C31H46O3S2. The van der Waals surface area contributed by atoms with Crippen molar-refractivity contribution in [3.8, 4) is 0 Å². The van der Waals surface area contributed by atoms with E-state index in [0.29, 0.717) is 6.61 Å². The summed E-state index contributed by atoms with van der Waals surface area (Å²) in [5.41, 5.74) is 2.19. The van der Waals surface area contributed by atoms with Crippen molar-refractivity contribution in [2.75, 3.05) is 13.7 Å². The second-order valence-electron chi connectivity index (χ2n) is 14.6. The molecule has 0 N–H and O–H groups in total. The van der Waals surface area contributed by atoms with Gasteiger partial charge in [0.2, 0.25) is 0 Å². The third kappa shape index (κ3) is 5.14. The molecule has 0 bridgehead atoms. The van der Waals surface area contributed by atoms with Crippen molar-refractivity contribution in [1.82, 2.24) is 0 Å². The molecule has 1 aliphatic heterocycles. The zero-order valence-corrected chi connectivity index (χ0v) is 26.3. The number of methoxy groups -OCH3 is 1. The van der Waals surface area contributed by atoms with Crippen LogP contribution in [0.5, 0.6) is 0 Å². The Balaban J connectivity index is 2.48. The first-order chi connectivity index (χ1) is 16.1. The van der Waals surface area contributed by atoms with E-state index < -0.39 is 9.49 Å². The van der Waals surface area contributed by atoms with Crippen LogP contribution in [0.1, 0.15) is 83.1 Å². The third-order valence-electron chi connectivity index (χ3n) is 7.21.